The summed E-state index contributed by atoms with van der Waals surface area (Å²) in [6, 6.07) is 6.15. The lowest BCUT2D eigenvalue weighted by Crippen LogP contribution is -2.47. The summed E-state index contributed by atoms with van der Waals surface area (Å²) in [7, 11) is 0. The van der Waals surface area contributed by atoms with Gasteiger partial charge in [-0.25, -0.2) is 19.3 Å². The molecule has 0 atom stereocenters. The van der Waals surface area contributed by atoms with Crippen LogP contribution in [0.1, 0.15) is 31.7 Å². The van der Waals surface area contributed by atoms with Crippen molar-refractivity contribution >= 4 is 22.4 Å². The molecule has 0 radical (unpaired) electrons. The number of halogens is 1. The molecule has 1 saturated heterocycles. The molecule has 0 unspecified atom stereocenters. The maximum absolute atomic E-state index is 13.9. The lowest BCUT2D eigenvalue weighted by Gasteiger charge is -2.36. The summed E-state index contributed by atoms with van der Waals surface area (Å²) in [5.41, 5.74) is 1.81. The number of hydrogen-bond donors (Lipinski definition) is 0. The monoisotopic (exact) mass is 394 g/mol. The average Bonchev–Trinajstić information content (AvgIpc) is 3.29. The van der Waals surface area contributed by atoms with Crippen molar-refractivity contribution in [2.75, 3.05) is 36.0 Å². The minimum atomic E-state index is -0.394. The third kappa shape index (κ3) is 3.32. The van der Waals surface area contributed by atoms with Gasteiger partial charge in [-0.05, 0) is 31.0 Å². The van der Waals surface area contributed by atoms with E-state index < -0.39 is 5.82 Å². The Morgan fingerprint density at radius 3 is 2.52 bits per heavy atom. The molecule has 0 amide bonds. The van der Waals surface area contributed by atoms with Gasteiger partial charge in [0.25, 0.3) is 5.56 Å². The molecule has 2 aliphatic rings. The fourth-order valence-corrected chi connectivity index (χ4v) is 4.48. The molecule has 1 aromatic carbocycles. The second-order valence-corrected chi connectivity index (χ2v) is 7.77. The SMILES string of the molecule is O=c1c2ccc(N3CCN(c4ncncc4F)CC3)cc2ncn1C1CCCC1. The highest BCUT2D eigenvalue weighted by atomic mass is 19.1. The molecule has 1 aliphatic carbocycles. The predicted molar refractivity (Wildman–Crippen MR) is 110 cm³/mol. The summed E-state index contributed by atoms with van der Waals surface area (Å²) in [5, 5.41) is 0.671. The number of rotatable bonds is 3. The van der Waals surface area contributed by atoms with Gasteiger partial charge in [0.05, 0.1) is 23.4 Å². The van der Waals surface area contributed by atoms with Crippen LogP contribution < -0.4 is 15.4 Å². The molecule has 5 rings (SSSR count). The molecule has 0 bridgehead atoms. The van der Waals surface area contributed by atoms with Gasteiger partial charge >= 0.3 is 0 Å². The highest BCUT2D eigenvalue weighted by Crippen LogP contribution is 2.29. The number of anilines is 2. The Morgan fingerprint density at radius 1 is 1.00 bits per heavy atom. The molecule has 29 heavy (non-hydrogen) atoms. The zero-order valence-electron chi connectivity index (χ0n) is 16.2. The third-order valence-corrected chi connectivity index (χ3v) is 6.08. The van der Waals surface area contributed by atoms with Crippen LogP contribution in [-0.2, 0) is 0 Å². The van der Waals surface area contributed by atoms with Crippen LogP contribution >= 0.6 is 0 Å². The molecule has 1 aliphatic heterocycles. The van der Waals surface area contributed by atoms with Crippen molar-refractivity contribution in [2.24, 2.45) is 0 Å². The molecule has 0 N–H and O–H groups in total. The van der Waals surface area contributed by atoms with Gasteiger partial charge in [0.2, 0.25) is 0 Å². The summed E-state index contributed by atoms with van der Waals surface area (Å²) in [6.45, 7) is 2.83. The standard InChI is InChI=1S/C21H23FN6O/c22-18-12-23-13-24-20(18)27-9-7-26(8-10-27)16-5-6-17-19(11-16)25-14-28(21(17)29)15-3-1-2-4-15/h5-6,11-15H,1-4,7-10H2. The Hall–Kier alpha value is -3.03. The van der Waals surface area contributed by atoms with E-state index in [0.29, 0.717) is 24.3 Å². The lowest BCUT2D eigenvalue weighted by molar-refractivity contribution is 0.499. The second kappa shape index (κ2) is 7.42. The van der Waals surface area contributed by atoms with E-state index in [1.165, 1.54) is 25.4 Å². The summed E-state index contributed by atoms with van der Waals surface area (Å²) < 4.78 is 15.7. The lowest BCUT2D eigenvalue weighted by atomic mass is 10.1. The first-order valence-corrected chi connectivity index (χ1v) is 10.2. The molecule has 2 fully saturated rings. The van der Waals surface area contributed by atoms with Crippen molar-refractivity contribution in [1.82, 2.24) is 19.5 Å². The van der Waals surface area contributed by atoms with Crippen LogP contribution in [0.25, 0.3) is 10.9 Å². The highest BCUT2D eigenvalue weighted by molar-refractivity contribution is 5.81. The van der Waals surface area contributed by atoms with Gasteiger partial charge < -0.3 is 9.80 Å². The van der Waals surface area contributed by atoms with Gasteiger partial charge in [-0.1, -0.05) is 12.8 Å². The van der Waals surface area contributed by atoms with Crippen molar-refractivity contribution in [1.29, 1.82) is 0 Å². The zero-order chi connectivity index (χ0) is 19.8. The first kappa shape index (κ1) is 18.0. The molecule has 150 valence electrons. The van der Waals surface area contributed by atoms with E-state index >= 15 is 0 Å². The van der Waals surface area contributed by atoms with Crippen molar-refractivity contribution in [3.63, 3.8) is 0 Å². The normalized spacial score (nSPS) is 18.0. The minimum Gasteiger partial charge on any atom is -0.368 e. The molecular formula is C21H23FN6O. The van der Waals surface area contributed by atoms with Crippen LogP contribution in [0.3, 0.4) is 0 Å². The maximum atomic E-state index is 13.9. The predicted octanol–water partition coefficient (Wildman–Crippen LogP) is 2.77. The summed E-state index contributed by atoms with van der Waals surface area (Å²) in [6.07, 6.45) is 8.75. The van der Waals surface area contributed by atoms with Crippen LogP contribution in [0.15, 0.2) is 41.8 Å². The topological polar surface area (TPSA) is 67.2 Å². The number of aromatic nitrogens is 4. The number of benzene rings is 1. The fourth-order valence-electron chi connectivity index (χ4n) is 4.48. The van der Waals surface area contributed by atoms with Gasteiger partial charge in [-0.2, -0.15) is 0 Å². The van der Waals surface area contributed by atoms with Crippen LogP contribution in [0.4, 0.5) is 15.9 Å². The van der Waals surface area contributed by atoms with E-state index in [9.17, 15) is 9.18 Å². The van der Waals surface area contributed by atoms with Gasteiger partial charge in [0, 0.05) is 37.9 Å². The van der Waals surface area contributed by atoms with Crippen LogP contribution in [-0.4, -0.2) is 45.7 Å². The van der Waals surface area contributed by atoms with Crippen LogP contribution in [0.5, 0.6) is 0 Å². The highest BCUT2D eigenvalue weighted by Gasteiger charge is 2.22. The first-order chi connectivity index (χ1) is 14.2. The van der Waals surface area contributed by atoms with E-state index in [-0.39, 0.29) is 11.6 Å². The molecule has 3 heterocycles. The zero-order valence-corrected chi connectivity index (χ0v) is 16.2. The molecule has 3 aromatic rings. The maximum Gasteiger partial charge on any atom is 0.261 e. The molecule has 7 nitrogen and oxygen atoms in total. The fraction of sp³-hybridized carbons (Fsp3) is 0.429. The second-order valence-electron chi connectivity index (χ2n) is 7.77. The van der Waals surface area contributed by atoms with E-state index in [0.717, 1.165) is 37.1 Å². The molecule has 8 heteroatoms. The van der Waals surface area contributed by atoms with Gasteiger partial charge in [-0.15, -0.1) is 0 Å². The Bertz CT molecular complexity index is 1090. The number of nitrogens with zero attached hydrogens (tertiary/aromatic N) is 6. The molecule has 0 spiro atoms. The Kier molecular flexibility index (Phi) is 4.61. The first-order valence-electron chi connectivity index (χ1n) is 10.2. The smallest absolute Gasteiger partial charge is 0.261 e. The number of piperazine rings is 1. The van der Waals surface area contributed by atoms with E-state index in [2.05, 4.69) is 19.9 Å². The summed E-state index contributed by atoms with van der Waals surface area (Å²) in [4.78, 5) is 29.4. The average molecular weight is 394 g/mol. The van der Waals surface area contributed by atoms with E-state index in [1.54, 1.807) is 6.33 Å². The number of fused-ring (bicyclic) bond motifs is 1. The van der Waals surface area contributed by atoms with Crippen molar-refractivity contribution in [3.05, 3.63) is 53.2 Å². The van der Waals surface area contributed by atoms with Crippen LogP contribution in [0.2, 0.25) is 0 Å². The number of hydrogen-bond acceptors (Lipinski definition) is 6. The molecule has 1 saturated carbocycles. The minimum absolute atomic E-state index is 0.0532. The summed E-state index contributed by atoms with van der Waals surface area (Å²) in [5.74, 6) is -0.0401. The van der Waals surface area contributed by atoms with Crippen molar-refractivity contribution in [2.45, 2.75) is 31.7 Å². The largest absolute Gasteiger partial charge is 0.368 e. The quantitative estimate of drug-likeness (QED) is 0.681. The molecular weight excluding hydrogens is 371 g/mol. The van der Waals surface area contributed by atoms with E-state index in [1.807, 2.05) is 27.7 Å². The van der Waals surface area contributed by atoms with Gasteiger partial charge in [0.15, 0.2) is 11.6 Å². The van der Waals surface area contributed by atoms with Crippen molar-refractivity contribution in [3.8, 4) is 0 Å². The summed E-state index contributed by atoms with van der Waals surface area (Å²) >= 11 is 0. The molecule has 2 aromatic heterocycles. The third-order valence-electron chi connectivity index (χ3n) is 6.08. The van der Waals surface area contributed by atoms with Gasteiger partial charge in [-0.3, -0.25) is 9.36 Å². The van der Waals surface area contributed by atoms with Gasteiger partial charge in [0.1, 0.15) is 6.33 Å². The Morgan fingerprint density at radius 2 is 1.76 bits per heavy atom. The van der Waals surface area contributed by atoms with Crippen molar-refractivity contribution < 1.29 is 4.39 Å². The van der Waals surface area contributed by atoms with E-state index in [4.69, 9.17) is 0 Å². The van der Waals surface area contributed by atoms with Crippen LogP contribution in [0, 0.1) is 5.82 Å². The Balaban J connectivity index is 1.35. The Labute approximate surface area is 167 Å².